The van der Waals surface area contributed by atoms with Gasteiger partial charge < -0.3 is 9.64 Å². The van der Waals surface area contributed by atoms with E-state index in [1.807, 2.05) is 35.8 Å². The number of sulfonamides is 1. The molecule has 0 spiro atoms. The number of morpholine rings is 1. The van der Waals surface area contributed by atoms with E-state index in [0.29, 0.717) is 32.3 Å². The minimum absolute atomic E-state index is 0.176. The van der Waals surface area contributed by atoms with Gasteiger partial charge in [-0.2, -0.15) is 4.98 Å². The van der Waals surface area contributed by atoms with Gasteiger partial charge in [0.1, 0.15) is 11.6 Å². The van der Waals surface area contributed by atoms with Gasteiger partial charge in [-0.1, -0.05) is 12.1 Å². The predicted molar refractivity (Wildman–Crippen MR) is 127 cm³/mol. The van der Waals surface area contributed by atoms with E-state index < -0.39 is 10.0 Å². The fourth-order valence-electron chi connectivity index (χ4n) is 4.85. The van der Waals surface area contributed by atoms with Crippen molar-refractivity contribution in [1.29, 1.82) is 0 Å². The van der Waals surface area contributed by atoms with E-state index in [2.05, 4.69) is 17.9 Å². The predicted octanol–water partition coefficient (Wildman–Crippen LogP) is 2.49. The minimum Gasteiger partial charge on any atom is -0.377 e. The zero-order valence-electron chi connectivity index (χ0n) is 19.3. The zero-order valence-corrected chi connectivity index (χ0v) is 20.1. The van der Waals surface area contributed by atoms with Crippen molar-refractivity contribution in [1.82, 2.24) is 23.8 Å². The van der Waals surface area contributed by atoms with Crippen molar-refractivity contribution in [3.05, 3.63) is 41.9 Å². The van der Waals surface area contributed by atoms with E-state index in [4.69, 9.17) is 19.7 Å². The summed E-state index contributed by atoms with van der Waals surface area (Å²) in [4.78, 5) is 17.0. The standard InChI is InChI=1S/C23H30N6O3S/c1-16-15-32-13-12-28(16)22-14-20(18-8-10-27(11-9-18)33(3,30)31)25-23(26-22)29-17(2)24-19-6-4-5-7-21(19)29/h4-7,14,16,18H,8-13,15H2,1-3H3. The molecule has 3 aromatic rings. The number of imidazole rings is 1. The third-order valence-electron chi connectivity index (χ3n) is 6.65. The molecule has 2 aliphatic rings. The molecule has 4 heterocycles. The van der Waals surface area contributed by atoms with Gasteiger partial charge in [0.2, 0.25) is 16.0 Å². The molecule has 5 rings (SSSR count). The van der Waals surface area contributed by atoms with E-state index in [1.165, 1.54) is 6.26 Å². The van der Waals surface area contributed by atoms with Crippen LogP contribution in [0.1, 0.15) is 37.2 Å². The lowest BCUT2D eigenvalue weighted by atomic mass is 9.94. The number of hydrogen-bond acceptors (Lipinski definition) is 7. The molecule has 0 saturated carbocycles. The maximum absolute atomic E-state index is 12.0. The molecule has 0 bridgehead atoms. The Balaban J connectivity index is 1.58. The van der Waals surface area contributed by atoms with E-state index in [0.717, 1.165) is 47.8 Å². The Hall–Kier alpha value is -2.56. The monoisotopic (exact) mass is 470 g/mol. The highest BCUT2D eigenvalue weighted by atomic mass is 32.2. The third kappa shape index (κ3) is 4.34. The van der Waals surface area contributed by atoms with Crippen molar-refractivity contribution in [2.75, 3.05) is 44.0 Å². The van der Waals surface area contributed by atoms with Crippen molar-refractivity contribution in [2.45, 2.75) is 38.6 Å². The highest BCUT2D eigenvalue weighted by molar-refractivity contribution is 7.88. The van der Waals surface area contributed by atoms with Crippen LogP contribution in [0.25, 0.3) is 17.0 Å². The molecule has 2 fully saturated rings. The second-order valence-corrected chi connectivity index (χ2v) is 11.0. The topological polar surface area (TPSA) is 93.5 Å². The van der Waals surface area contributed by atoms with Crippen LogP contribution in [-0.4, -0.2) is 77.4 Å². The molecular weight excluding hydrogens is 440 g/mol. The van der Waals surface area contributed by atoms with Gasteiger partial charge in [0.05, 0.1) is 42.2 Å². The second-order valence-electron chi connectivity index (χ2n) is 8.99. The molecular formula is C23H30N6O3S. The molecule has 2 aliphatic heterocycles. The third-order valence-corrected chi connectivity index (χ3v) is 7.96. The van der Waals surface area contributed by atoms with Gasteiger partial charge >= 0.3 is 0 Å². The highest BCUT2D eigenvalue weighted by Gasteiger charge is 2.29. The van der Waals surface area contributed by atoms with Crippen molar-refractivity contribution >= 4 is 26.9 Å². The molecule has 0 aliphatic carbocycles. The van der Waals surface area contributed by atoms with Crippen LogP contribution in [0.3, 0.4) is 0 Å². The minimum atomic E-state index is -3.17. The number of hydrogen-bond donors (Lipinski definition) is 0. The number of aryl methyl sites for hydroxylation is 1. The lowest BCUT2D eigenvalue weighted by Gasteiger charge is -2.35. The number of benzene rings is 1. The summed E-state index contributed by atoms with van der Waals surface area (Å²) in [6.07, 6.45) is 2.76. The van der Waals surface area contributed by atoms with Crippen LogP contribution < -0.4 is 4.90 Å². The summed E-state index contributed by atoms with van der Waals surface area (Å²) < 4.78 is 33.2. The number of nitrogens with zero attached hydrogens (tertiary/aromatic N) is 6. The van der Waals surface area contributed by atoms with Crippen LogP contribution in [0.5, 0.6) is 0 Å². The van der Waals surface area contributed by atoms with Gasteiger partial charge in [-0.3, -0.25) is 4.57 Å². The van der Waals surface area contributed by atoms with E-state index in [9.17, 15) is 8.42 Å². The number of aromatic nitrogens is 4. The average Bonchev–Trinajstić information content (AvgIpc) is 3.14. The van der Waals surface area contributed by atoms with Crippen LogP contribution in [0.2, 0.25) is 0 Å². The molecule has 1 atom stereocenters. The fourth-order valence-corrected chi connectivity index (χ4v) is 5.72. The van der Waals surface area contributed by atoms with Crippen LogP contribution in [0.4, 0.5) is 5.82 Å². The summed E-state index contributed by atoms with van der Waals surface area (Å²) in [5.41, 5.74) is 2.84. The molecule has 33 heavy (non-hydrogen) atoms. The first-order chi connectivity index (χ1) is 15.8. The van der Waals surface area contributed by atoms with E-state index in [1.54, 1.807) is 4.31 Å². The lowest BCUT2D eigenvalue weighted by molar-refractivity contribution is 0.0985. The normalized spacial score (nSPS) is 21.1. The first kappa shape index (κ1) is 22.2. The number of piperidine rings is 1. The van der Waals surface area contributed by atoms with Crippen molar-refractivity contribution in [3.8, 4) is 5.95 Å². The van der Waals surface area contributed by atoms with Gasteiger partial charge in [-0.15, -0.1) is 0 Å². The lowest BCUT2D eigenvalue weighted by Crippen LogP contribution is -2.44. The molecule has 1 aromatic carbocycles. The summed E-state index contributed by atoms with van der Waals surface area (Å²) in [6.45, 7) is 7.24. The van der Waals surface area contributed by atoms with E-state index >= 15 is 0 Å². The molecule has 0 N–H and O–H groups in total. The van der Waals surface area contributed by atoms with Gasteiger partial charge in [0, 0.05) is 31.6 Å². The number of para-hydroxylation sites is 2. The van der Waals surface area contributed by atoms with Gasteiger partial charge in [-0.05, 0) is 38.8 Å². The van der Waals surface area contributed by atoms with Gasteiger partial charge in [0.25, 0.3) is 0 Å². The second kappa shape index (κ2) is 8.66. The highest BCUT2D eigenvalue weighted by Crippen LogP contribution is 2.32. The SMILES string of the molecule is Cc1nc2ccccc2n1-c1nc(C2CCN(S(C)(=O)=O)CC2)cc(N2CCOCC2C)n1. The Kier molecular flexibility index (Phi) is 5.84. The van der Waals surface area contributed by atoms with Crippen LogP contribution >= 0.6 is 0 Å². The molecule has 9 nitrogen and oxygen atoms in total. The van der Waals surface area contributed by atoms with Crippen molar-refractivity contribution < 1.29 is 13.2 Å². The average molecular weight is 471 g/mol. The Bertz CT molecular complexity index is 1270. The number of ether oxygens (including phenoxy) is 1. The number of anilines is 1. The zero-order chi connectivity index (χ0) is 23.2. The summed E-state index contributed by atoms with van der Waals surface area (Å²) in [5.74, 6) is 2.50. The molecule has 1 unspecified atom stereocenters. The number of rotatable bonds is 4. The molecule has 10 heteroatoms. The summed E-state index contributed by atoms with van der Waals surface area (Å²) in [7, 11) is -3.17. The summed E-state index contributed by atoms with van der Waals surface area (Å²) in [5, 5.41) is 0. The molecule has 0 amide bonds. The Morgan fingerprint density at radius 2 is 1.82 bits per heavy atom. The van der Waals surface area contributed by atoms with Crippen molar-refractivity contribution in [3.63, 3.8) is 0 Å². The molecule has 176 valence electrons. The fraction of sp³-hybridized carbons (Fsp3) is 0.522. The molecule has 0 radical (unpaired) electrons. The Labute approximate surface area is 194 Å². The van der Waals surface area contributed by atoms with Crippen LogP contribution in [0.15, 0.2) is 30.3 Å². The van der Waals surface area contributed by atoms with E-state index in [-0.39, 0.29) is 12.0 Å². The number of fused-ring (bicyclic) bond motifs is 1. The summed E-state index contributed by atoms with van der Waals surface area (Å²) in [6, 6.07) is 10.3. The molecule has 2 aromatic heterocycles. The largest absolute Gasteiger partial charge is 0.377 e. The molecule has 2 saturated heterocycles. The van der Waals surface area contributed by atoms with Gasteiger partial charge in [-0.25, -0.2) is 22.7 Å². The maximum Gasteiger partial charge on any atom is 0.237 e. The Morgan fingerprint density at radius 3 is 2.55 bits per heavy atom. The van der Waals surface area contributed by atoms with Crippen molar-refractivity contribution in [2.24, 2.45) is 0 Å². The van der Waals surface area contributed by atoms with Gasteiger partial charge in [0.15, 0.2) is 0 Å². The smallest absolute Gasteiger partial charge is 0.237 e. The Morgan fingerprint density at radius 1 is 1.06 bits per heavy atom. The summed E-state index contributed by atoms with van der Waals surface area (Å²) >= 11 is 0. The maximum atomic E-state index is 12.0. The quantitative estimate of drug-likeness (QED) is 0.578. The van der Waals surface area contributed by atoms with Crippen LogP contribution in [-0.2, 0) is 14.8 Å². The van der Waals surface area contributed by atoms with Crippen LogP contribution in [0, 0.1) is 6.92 Å². The first-order valence-electron chi connectivity index (χ1n) is 11.4. The first-order valence-corrected chi connectivity index (χ1v) is 13.3.